The van der Waals surface area contributed by atoms with E-state index in [1.54, 1.807) is 31.4 Å². The van der Waals surface area contributed by atoms with Crippen LogP contribution in [-0.4, -0.2) is 22.4 Å². The SMILES string of the molecule is COc1ccc(C(=O)Cn2cnc(-c3ccccc3)cc2=O)cc1. The highest BCUT2D eigenvalue weighted by Crippen LogP contribution is 2.14. The minimum atomic E-state index is -0.259. The van der Waals surface area contributed by atoms with Gasteiger partial charge in [0.05, 0.1) is 25.7 Å². The molecule has 0 bridgehead atoms. The number of carbonyl (C=O) groups is 1. The molecule has 1 heterocycles. The van der Waals surface area contributed by atoms with Gasteiger partial charge in [0.1, 0.15) is 5.75 Å². The lowest BCUT2D eigenvalue weighted by Gasteiger charge is -2.07. The molecule has 2 aromatic carbocycles. The van der Waals surface area contributed by atoms with Crippen LogP contribution in [0.15, 0.2) is 71.8 Å². The summed E-state index contributed by atoms with van der Waals surface area (Å²) in [5.74, 6) is 0.520. The summed E-state index contributed by atoms with van der Waals surface area (Å²) in [5, 5.41) is 0. The van der Waals surface area contributed by atoms with E-state index >= 15 is 0 Å². The van der Waals surface area contributed by atoms with Crippen LogP contribution in [0, 0.1) is 0 Å². The molecule has 5 nitrogen and oxygen atoms in total. The second-order valence-electron chi connectivity index (χ2n) is 5.26. The van der Waals surface area contributed by atoms with Crippen LogP contribution in [0.4, 0.5) is 0 Å². The Balaban J connectivity index is 1.80. The Hall–Kier alpha value is -3.21. The van der Waals surface area contributed by atoms with Gasteiger partial charge in [0.25, 0.3) is 5.56 Å². The van der Waals surface area contributed by atoms with Gasteiger partial charge in [-0.2, -0.15) is 0 Å². The van der Waals surface area contributed by atoms with E-state index in [0.717, 1.165) is 5.56 Å². The van der Waals surface area contributed by atoms with Gasteiger partial charge in [-0.15, -0.1) is 0 Å². The Labute approximate surface area is 139 Å². The topological polar surface area (TPSA) is 61.2 Å². The molecule has 0 N–H and O–H groups in total. The summed E-state index contributed by atoms with van der Waals surface area (Å²) in [4.78, 5) is 28.8. The number of Topliss-reactive ketones (excluding diaryl/α,β-unsaturated/α-hetero) is 1. The average Bonchev–Trinajstić information content (AvgIpc) is 2.64. The molecule has 0 unspecified atom stereocenters. The van der Waals surface area contributed by atoms with Crippen molar-refractivity contribution in [3.63, 3.8) is 0 Å². The maximum atomic E-state index is 12.3. The van der Waals surface area contributed by atoms with E-state index in [1.807, 2.05) is 30.3 Å². The first kappa shape index (κ1) is 15.7. The molecule has 0 aliphatic heterocycles. The molecule has 24 heavy (non-hydrogen) atoms. The fourth-order valence-electron chi connectivity index (χ4n) is 2.33. The van der Waals surface area contributed by atoms with E-state index < -0.39 is 0 Å². The lowest BCUT2D eigenvalue weighted by atomic mass is 10.1. The van der Waals surface area contributed by atoms with Gasteiger partial charge in [-0.3, -0.25) is 14.2 Å². The lowest BCUT2D eigenvalue weighted by molar-refractivity contribution is 0.0970. The number of ketones is 1. The van der Waals surface area contributed by atoms with E-state index in [2.05, 4.69) is 4.98 Å². The quantitative estimate of drug-likeness (QED) is 0.678. The van der Waals surface area contributed by atoms with Crippen LogP contribution in [0.25, 0.3) is 11.3 Å². The summed E-state index contributed by atoms with van der Waals surface area (Å²) in [6.07, 6.45) is 1.41. The van der Waals surface area contributed by atoms with Gasteiger partial charge in [-0.05, 0) is 24.3 Å². The van der Waals surface area contributed by atoms with E-state index in [0.29, 0.717) is 17.0 Å². The standard InChI is InChI=1S/C19H16N2O3/c1-24-16-9-7-15(8-10-16)18(22)12-21-13-20-17(11-19(21)23)14-5-3-2-4-6-14/h2-11,13H,12H2,1H3. The van der Waals surface area contributed by atoms with Crippen LogP contribution >= 0.6 is 0 Å². The summed E-state index contributed by atoms with van der Waals surface area (Å²) < 4.78 is 6.37. The fraction of sp³-hybridized carbons (Fsp3) is 0.105. The van der Waals surface area contributed by atoms with Crippen molar-refractivity contribution in [2.45, 2.75) is 6.54 Å². The van der Waals surface area contributed by atoms with Gasteiger partial charge in [0.15, 0.2) is 5.78 Å². The van der Waals surface area contributed by atoms with Gasteiger partial charge < -0.3 is 4.74 Å². The first-order valence-corrected chi connectivity index (χ1v) is 7.46. The largest absolute Gasteiger partial charge is 0.497 e. The second-order valence-corrected chi connectivity index (χ2v) is 5.26. The lowest BCUT2D eigenvalue weighted by Crippen LogP contribution is -2.24. The molecule has 0 aliphatic rings. The molecule has 0 aliphatic carbocycles. The first-order valence-electron chi connectivity index (χ1n) is 7.46. The molecule has 0 radical (unpaired) electrons. The Morgan fingerprint density at radius 1 is 1.08 bits per heavy atom. The van der Waals surface area contributed by atoms with Crippen molar-refractivity contribution < 1.29 is 9.53 Å². The molecule has 3 aromatic rings. The minimum Gasteiger partial charge on any atom is -0.497 e. The third kappa shape index (κ3) is 3.41. The van der Waals surface area contributed by atoms with Crippen molar-refractivity contribution in [2.24, 2.45) is 0 Å². The maximum absolute atomic E-state index is 12.3. The first-order chi connectivity index (χ1) is 11.7. The predicted molar refractivity (Wildman–Crippen MR) is 91.3 cm³/mol. The van der Waals surface area contributed by atoms with Crippen molar-refractivity contribution >= 4 is 5.78 Å². The molecule has 120 valence electrons. The highest BCUT2D eigenvalue weighted by molar-refractivity contribution is 5.96. The van der Waals surface area contributed by atoms with Crippen LogP contribution in [0.1, 0.15) is 10.4 Å². The summed E-state index contributed by atoms with van der Waals surface area (Å²) in [6, 6.07) is 17.7. The molecular formula is C19H16N2O3. The fourth-order valence-corrected chi connectivity index (χ4v) is 2.33. The number of ether oxygens (including phenoxy) is 1. The Bertz CT molecular complexity index is 900. The normalized spacial score (nSPS) is 10.4. The van der Waals surface area contributed by atoms with E-state index in [1.165, 1.54) is 17.0 Å². The van der Waals surface area contributed by atoms with E-state index in [4.69, 9.17) is 4.74 Å². The summed E-state index contributed by atoms with van der Waals surface area (Å²) in [5.41, 5.74) is 1.72. The zero-order chi connectivity index (χ0) is 16.9. The van der Waals surface area contributed by atoms with E-state index in [-0.39, 0.29) is 17.9 Å². The number of aromatic nitrogens is 2. The van der Waals surface area contributed by atoms with Crippen molar-refractivity contribution in [3.05, 3.63) is 82.9 Å². The smallest absolute Gasteiger partial charge is 0.254 e. The molecule has 0 amide bonds. The predicted octanol–water partition coefficient (Wildman–Crippen LogP) is 2.80. The highest BCUT2D eigenvalue weighted by Gasteiger charge is 2.09. The monoisotopic (exact) mass is 320 g/mol. The molecule has 0 fully saturated rings. The third-order valence-electron chi connectivity index (χ3n) is 3.67. The Morgan fingerprint density at radius 3 is 2.42 bits per heavy atom. The van der Waals surface area contributed by atoms with Gasteiger partial charge in [-0.1, -0.05) is 30.3 Å². The summed E-state index contributed by atoms with van der Waals surface area (Å²) in [6.45, 7) is -0.0484. The minimum absolute atomic E-state index is 0.0484. The Morgan fingerprint density at radius 2 is 1.79 bits per heavy atom. The van der Waals surface area contributed by atoms with Gasteiger partial charge in [0.2, 0.25) is 0 Å². The summed E-state index contributed by atoms with van der Waals surface area (Å²) >= 11 is 0. The van der Waals surface area contributed by atoms with Crippen LogP contribution in [0.2, 0.25) is 0 Å². The number of rotatable bonds is 5. The molecule has 0 spiro atoms. The number of benzene rings is 2. The molecular weight excluding hydrogens is 304 g/mol. The second kappa shape index (κ2) is 6.91. The molecule has 0 saturated carbocycles. The van der Waals surface area contributed by atoms with Crippen molar-refractivity contribution in [1.29, 1.82) is 0 Å². The number of hydrogen-bond donors (Lipinski definition) is 0. The maximum Gasteiger partial charge on any atom is 0.254 e. The van der Waals surface area contributed by atoms with Crippen molar-refractivity contribution in [3.8, 4) is 17.0 Å². The highest BCUT2D eigenvalue weighted by atomic mass is 16.5. The van der Waals surface area contributed by atoms with Gasteiger partial charge >= 0.3 is 0 Å². The average molecular weight is 320 g/mol. The van der Waals surface area contributed by atoms with Crippen LogP contribution in [0.5, 0.6) is 5.75 Å². The summed E-state index contributed by atoms with van der Waals surface area (Å²) in [7, 11) is 1.57. The zero-order valence-electron chi connectivity index (χ0n) is 13.2. The van der Waals surface area contributed by atoms with Crippen LogP contribution in [-0.2, 0) is 6.54 Å². The molecule has 3 rings (SSSR count). The van der Waals surface area contributed by atoms with Crippen LogP contribution < -0.4 is 10.3 Å². The molecule has 1 aromatic heterocycles. The molecule has 0 atom stereocenters. The molecule has 0 saturated heterocycles. The van der Waals surface area contributed by atoms with Gasteiger partial charge in [-0.25, -0.2) is 4.98 Å². The Kier molecular flexibility index (Phi) is 4.52. The molecule has 5 heteroatoms. The third-order valence-corrected chi connectivity index (χ3v) is 3.67. The van der Waals surface area contributed by atoms with Crippen molar-refractivity contribution in [1.82, 2.24) is 9.55 Å². The van der Waals surface area contributed by atoms with Crippen LogP contribution in [0.3, 0.4) is 0 Å². The van der Waals surface area contributed by atoms with Gasteiger partial charge in [0, 0.05) is 17.2 Å². The number of nitrogens with zero attached hydrogens (tertiary/aromatic N) is 2. The number of hydrogen-bond acceptors (Lipinski definition) is 4. The number of carbonyl (C=O) groups excluding carboxylic acids is 1. The zero-order valence-corrected chi connectivity index (χ0v) is 13.2. The number of methoxy groups -OCH3 is 1. The van der Waals surface area contributed by atoms with E-state index in [9.17, 15) is 9.59 Å². The van der Waals surface area contributed by atoms with Crippen molar-refractivity contribution in [2.75, 3.05) is 7.11 Å².